The number of halogens is 1. The lowest BCUT2D eigenvalue weighted by molar-refractivity contribution is 0.0746. The third-order valence-electron chi connectivity index (χ3n) is 5.42. The molecular weight excluding hydrogens is 395 g/mol. The van der Waals surface area contributed by atoms with E-state index in [1.807, 2.05) is 47.4 Å². The minimum Gasteiger partial charge on any atom is -0.496 e. The second kappa shape index (κ2) is 9.51. The van der Waals surface area contributed by atoms with Crippen LogP contribution in [0.4, 0.5) is 10.1 Å². The van der Waals surface area contributed by atoms with Crippen LogP contribution in [0.3, 0.4) is 0 Å². The van der Waals surface area contributed by atoms with E-state index in [0.717, 1.165) is 17.0 Å². The Balaban J connectivity index is 1.41. The normalized spacial score (nSPS) is 13.7. The Hall–Kier alpha value is -3.54. The largest absolute Gasteiger partial charge is 0.496 e. The zero-order valence-electron chi connectivity index (χ0n) is 17.5. The summed E-state index contributed by atoms with van der Waals surface area (Å²) in [5.74, 6) is 1.19. The van der Waals surface area contributed by atoms with E-state index in [0.29, 0.717) is 44.1 Å². The van der Waals surface area contributed by atoms with E-state index >= 15 is 0 Å². The number of carbonyl (C=O) groups is 1. The lowest BCUT2D eigenvalue weighted by atomic mass is 10.1. The summed E-state index contributed by atoms with van der Waals surface area (Å²) in [6, 6.07) is 21.5. The lowest BCUT2D eigenvalue weighted by Gasteiger charge is -2.36. The van der Waals surface area contributed by atoms with Crippen molar-refractivity contribution in [3.8, 4) is 11.5 Å². The van der Waals surface area contributed by atoms with Crippen molar-refractivity contribution in [1.82, 2.24) is 4.90 Å². The molecule has 0 unspecified atom stereocenters. The van der Waals surface area contributed by atoms with Crippen LogP contribution in [0.15, 0.2) is 72.8 Å². The van der Waals surface area contributed by atoms with Crippen molar-refractivity contribution in [2.75, 3.05) is 38.2 Å². The van der Waals surface area contributed by atoms with E-state index in [9.17, 15) is 9.18 Å². The van der Waals surface area contributed by atoms with E-state index < -0.39 is 0 Å². The first-order valence-electron chi connectivity index (χ1n) is 10.3. The predicted octanol–water partition coefficient (Wildman–Crippen LogP) is 4.38. The molecule has 0 saturated carbocycles. The highest BCUT2D eigenvalue weighted by molar-refractivity contribution is 5.94. The molecule has 0 radical (unpaired) electrons. The van der Waals surface area contributed by atoms with Crippen molar-refractivity contribution in [2.24, 2.45) is 0 Å². The molecule has 0 N–H and O–H groups in total. The van der Waals surface area contributed by atoms with Crippen LogP contribution in [0.5, 0.6) is 11.5 Å². The van der Waals surface area contributed by atoms with Gasteiger partial charge in [0, 0.05) is 43.0 Å². The molecule has 0 aliphatic carbocycles. The summed E-state index contributed by atoms with van der Waals surface area (Å²) in [6.45, 7) is 2.94. The zero-order chi connectivity index (χ0) is 21.6. The van der Waals surface area contributed by atoms with Crippen LogP contribution in [0.25, 0.3) is 0 Å². The van der Waals surface area contributed by atoms with E-state index in [-0.39, 0.29) is 11.7 Å². The SMILES string of the molecule is COc1ccc(C(=O)N2CCN(c3ccc(F)cc3)CC2)cc1COc1ccccc1. The number of carbonyl (C=O) groups excluding carboxylic acids is 1. The molecule has 4 rings (SSSR count). The standard InChI is InChI=1S/C25H25FN2O3/c1-30-24-12-7-19(17-20(24)18-31-23-5-3-2-4-6-23)25(29)28-15-13-27(14-16-28)22-10-8-21(26)9-11-22/h2-12,17H,13-16,18H2,1H3. The number of ether oxygens (including phenoxy) is 2. The highest BCUT2D eigenvalue weighted by atomic mass is 19.1. The average molecular weight is 420 g/mol. The average Bonchev–Trinajstić information content (AvgIpc) is 2.83. The number of anilines is 1. The number of methoxy groups -OCH3 is 1. The molecule has 31 heavy (non-hydrogen) atoms. The first-order chi connectivity index (χ1) is 15.1. The van der Waals surface area contributed by atoms with Gasteiger partial charge in [0.2, 0.25) is 0 Å². The number of piperazine rings is 1. The van der Waals surface area contributed by atoms with Crippen molar-refractivity contribution >= 4 is 11.6 Å². The van der Waals surface area contributed by atoms with Crippen molar-refractivity contribution in [1.29, 1.82) is 0 Å². The van der Waals surface area contributed by atoms with Crippen molar-refractivity contribution in [3.05, 3.63) is 89.7 Å². The van der Waals surface area contributed by atoms with Crippen LogP contribution in [-0.2, 0) is 6.61 Å². The van der Waals surface area contributed by atoms with Crippen LogP contribution < -0.4 is 14.4 Å². The molecule has 1 saturated heterocycles. The summed E-state index contributed by atoms with van der Waals surface area (Å²) in [5, 5.41) is 0. The minimum absolute atomic E-state index is 0.0117. The van der Waals surface area contributed by atoms with E-state index in [1.165, 1.54) is 12.1 Å². The second-order valence-electron chi connectivity index (χ2n) is 7.38. The number of benzene rings is 3. The smallest absolute Gasteiger partial charge is 0.253 e. The minimum atomic E-state index is -0.246. The van der Waals surface area contributed by atoms with Crippen LogP contribution in [0.1, 0.15) is 15.9 Å². The first kappa shape index (κ1) is 20.7. The van der Waals surface area contributed by atoms with Gasteiger partial charge in [-0.3, -0.25) is 4.79 Å². The van der Waals surface area contributed by atoms with Gasteiger partial charge >= 0.3 is 0 Å². The Kier molecular flexibility index (Phi) is 6.36. The molecule has 160 valence electrons. The molecular formula is C25H25FN2O3. The summed E-state index contributed by atoms with van der Waals surface area (Å²) in [6.07, 6.45) is 0. The zero-order valence-corrected chi connectivity index (χ0v) is 17.5. The molecule has 1 fully saturated rings. The molecule has 1 amide bonds. The molecule has 6 heteroatoms. The van der Waals surface area contributed by atoms with Crippen LogP contribution in [-0.4, -0.2) is 44.1 Å². The first-order valence-corrected chi connectivity index (χ1v) is 10.3. The third kappa shape index (κ3) is 4.97. The summed E-state index contributed by atoms with van der Waals surface area (Å²) in [5.41, 5.74) is 2.41. The number of rotatable bonds is 6. The highest BCUT2D eigenvalue weighted by Crippen LogP contribution is 2.24. The Morgan fingerprint density at radius 3 is 2.32 bits per heavy atom. The fraction of sp³-hybridized carbons (Fsp3) is 0.240. The van der Waals surface area contributed by atoms with Gasteiger partial charge in [-0.1, -0.05) is 18.2 Å². The summed E-state index contributed by atoms with van der Waals surface area (Å²) >= 11 is 0. The van der Waals surface area contributed by atoms with Crippen molar-refractivity contribution < 1.29 is 18.7 Å². The molecule has 3 aromatic carbocycles. The maximum absolute atomic E-state index is 13.2. The highest BCUT2D eigenvalue weighted by Gasteiger charge is 2.23. The topological polar surface area (TPSA) is 42.0 Å². The van der Waals surface area contributed by atoms with Gasteiger partial charge in [0.15, 0.2) is 0 Å². The molecule has 5 nitrogen and oxygen atoms in total. The monoisotopic (exact) mass is 420 g/mol. The maximum atomic E-state index is 13.2. The molecule has 1 aliphatic rings. The molecule has 0 aromatic heterocycles. The Labute approximate surface area is 181 Å². The maximum Gasteiger partial charge on any atom is 0.253 e. The van der Waals surface area contributed by atoms with Crippen LogP contribution >= 0.6 is 0 Å². The number of hydrogen-bond acceptors (Lipinski definition) is 4. The van der Waals surface area contributed by atoms with E-state index in [1.54, 1.807) is 25.3 Å². The Morgan fingerprint density at radius 1 is 0.935 bits per heavy atom. The Morgan fingerprint density at radius 2 is 1.65 bits per heavy atom. The molecule has 0 spiro atoms. The molecule has 0 atom stereocenters. The van der Waals surface area contributed by atoms with Gasteiger partial charge < -0.3 is 19.3 Å². The van der Waals surface area contributed by atoms with Gasteiger partial charge in [0.25, 0.3) is 5.91 Å². The van der Waals surface area contributed by atoms with Gasteiger partial charge in [-0.15, -0.1) is 0 Å². The fourth-order valence-electron chi connectivity index (χ4n) is 3.70. The van der Waals surface area contributed by atoms with E-state index in [4.69, 9.17) is 9.47 Å². The molecule has 1 aliphatic heterocycles. The van der Waals surface area contributed by atoms with Crippen LogP contribution in [0, 0.1) is 5.82 Å². The Bertz CT molecular complexity index is 1020. The number of hydrogen-bond donors (Lipinski definition) is 0. The number of para-hydroxylation sites is 1. The van der Waals surface area contributed by atoms with Gasteiger partial charge in [0.1, 0.15) is 23.9 Å². The molecule has 3 aromatic rings. The van der Waals surface area contributed by atoms with Crippen molar-refractivity contribution in [2.45, 2.75) is 6.61 Å². The van der Waals surface area contributed by atoms with Gasteiger partial charge in [-0.25, -0.2) is 4.39 Å². The second-order valence-corrected chi connectivity index (χ2v) is 7.38. The fourth-order valence-corrected chi connectivity index (χ4v) is 3.70. The lowest BCUT2D eigenvalue weighted by Crippen LogP contribution is -2.48. The van der Waals surface area contributed by atoms with Crippen LogP contribution in [0.2, 0.25) is 0 Å². The summed E-state index contributed by atoms with van der Waals surface area (Å²) in [7, 11) is 1.61. The molecule has 0 bridgehead atoms. The van der Waals surface area contributed by atoms with Gasteiger partial charge in [-0.05, 0) is 54.6 Å². The number of nitrogens with zero attached hydrogens (tertiary/aromatic N) is 2. The third-order valence-corrected chi connectivity index (χ3v) is 5.42. The van der Waals surface area contributed by atoms with E-state index in [2.05, 4.69) is 4.90 Å². The predicted molar refractivity (Wildman–Crippen MR) is 118 cm³/mol. The van der Waals surface area contributed by atoms with Gasteiger partial charge in [0.05, 0.1) is 7.11 Å². The summed E-state index contributed by atoms with van der Waals surface area (Å²) in [4.78, 5) is 17.1. The quantitative estimate of drug-likeness (QED) is 0.594. The number of amides is 1. The van der Waals surface area contributed by atoms with Crippen molar-refractivity contribution in [3.63, 3.8) is 0 Å². The van der Waals surface area contributed by atoms with Gasteiger partial charge in [-0.2, -0.15) is 0 Å². The molecule has 1 heterocycles. The summed E-state index contributed by atoms with van der Waals surface area (Å²) < 4.78 is 24.5.